The van der Waals surface area contributed by atoms with Crippen molar-refractivity contribution in [3.05, 3.63) is 78.4 Å². The molecule has 0 fully saturated rings. The molecule has 0 radical (unpaired) electrons. The van der Waals surface area contributed by atoms with Gasteiger partial charge in [-0.15, -0.1) is 0 Å². The smallest absolute Gasteiger partial charge is 0.261 e. The van der Waals surface area contributed by atoms with Crippen molar-refractivity contribution in [3.8, 4) is 5.75 Å². The van der Waals surface area contributed by atoms with Crippen molar-refractivity contribution in [1.29, 1.82) is 0 Å². The van der Waals surface area contributed by atoms with Crippen LogP contribution < -0.4 is 10.1 Å². The van der Waals surface area contributed by atoms with Crippen molar-refractivity contribution < 1.29 is 9.53 Å². The molecule has 0 aliphatic carbocycles. The molecule has 1 N–H and O–H groups in total. The van der Waals surface area contributed by atoms with Gasteiger partial charge in [-0.05, 0) is 30.9 Å². The third-order valence-electron chi connectivity index (χ3n) is 4.08. The van der Waals surface area contributed by atoms with Crippen LogP contribution in [0.15, 0.2) is 72.8 Å². The number of benzene rings is 3. The summed E-state index contributed by atoms with van der Waals surface area (Å²) < 4.78 is 5.91. The standard InChI is InChI=1S/C21H21NO2/c1-15(17-9-4-3-5-10-17)22-21(23)16(2)24-20-14-8-12-18-11-6-7-13-19(18)20/h3-16H,1-2H3,(H,22,23)/t15-,16+/m1/s1. The fourth-order valence-corrected chi connectivity index (χ4v) is 2.70. The minimum Gasteiger partial charge on any atom is -0.480 e. The predicted molar refractivity (Wildman–Crippen MR) is 97.0 cm³/mol. The average molecular weight is 319 g/mol. The number of nitrogens with one attached hydrogen (secondary N) is 1. The van der Waals surface area contributed by atoms with E-state index in [1.165, 1.54) is 0 Å². The number of ether oxygens (including phenoxy) is 1. The lowest BCUT2D eigenvalue weighted by molar-refractivity contribution is -0.127. The number of carbonyl (C=O) groups excluding carboxylic acids is 1. The Balaban J connectivity index is 1.70. The van der Waals surface area contributed by atoms with Crippen LogP contribution in [0, 0.1) is 0 Å². The van der Waals surface area contributed by atoms with Crippen molar-refractivity contribution in [2.24, 2.45) is 0 Å². The van der Waals surface area contributed by atoms with Gasteiger partial charge < -0.3 is 10.1 Å². The zero-order valence-corrected chi connectivity index (χ0v) is 13.9. The molecule has 0 saturated heterocycles. The van der Waals surface area contributed by atoms with Crippen LogP contribution in [0.4, 0.5) is 0 Å². The van der Waals surface area contributed by atoms with Gasteiger partial charge in [-0.25, -0.2) is 0 Å². The Labute approximate surface area is 142 Å². The predicted octanol–water partition coefficient (Wildman–Crippen LogP) is 4.48. The minimum atomic E-state index is -0.568. The molecule has 0 heterocycles. The van der Waals surface area contributed by atoms with Crippen LogP contribution in [-0.2, 0) is 4.79 Å². The molecule has 1 amide bonds. The summed E-state index contributed by atoms with van der Waals surface area (Å²) in [5.41, 5.74) is 1.07. The number of hydrogen-bond donors (Lipinski definition) is 1. The summed E-state index contributed by atoms with van der Waals surface area (Å²) in [5, 5.41) is 5.11. The minimum absolute atomic E-state index is 0.0581. The Bertz CT molecular complexity index is 824. The highest BCUT2D eigenvalue weighted by molar-refractivity contribution is 5.89. The molecule has 3 heteroatoms. The summed E-state index contributed by atoms with van der Waals surface area (Å²) in [6.45, 7) is 3.74. The topological polar surface area (TPSA) is 38.3 Å². The Morgan fingerprint density at radius 2 is 1.54 bits per heavy atom. The third-order valence-corrected chi connectivity index (χ3v) is 4.08. The number of carbonyl (C=O) groups is 1. The van der Waals surface area contributed by atoms with Gasteiger partial charge in [0.05, 0.1) is 6.04 Å². The Morgan fingerprint density at radius 3 is 2.33 bits per heavy atom. The number of fused-ring (bicyclic) bond motifs is 1. The summed E-state index contributed by atoms with van der Waals surface area (Å²) in [6.07, 6.45) is -0.568. The van der Waals surface area contributed by atoms with Gasteiger partial charge in [0.15, 0.2) is 6.10 Å². The maximum atomic E-state index is 12.4. The summed E-state index contributed by atoms with van der Waals surface area (Å²) in [7, 11) is 0. The number of hydrogen-bond acceptors (Lipinski definition) is 2. The first-order valence-corrected chi connectivity index (χ1v) is 8.15. The highest BCUT2D eigenvalue weighted by Gasteiger charge is 2.18. The summed E-state index contributed by atoms with van der Waals surface area (Å²) in [6, 6.07) is 23.7. The van der Waals surface area contributed by atoms with Gasteiger partial charge in [-0.1, -0.05) is 66.7 Å². The van der Waals surface area contributed by atoms with Gasteiger partial charge >= 0.3 is 0 Å². The van der Waals surface area contributed by atoms with E-state index in [1.807, 2.05) is 79.7 Å². The highest BCUT2D eigenvalue weighted by Crippen LogP contribution is 2.26. The van der Waals surface area contributed by atoms with E-state index in [4.69, 9.17) is 4.74 Å². The van der Waals surface area contributed by atoms with Gasteiger partial charge in [0, 0.05) is 5.39 Å². The van der Waals surface area contributed by atoms with Crippen molar-refractivity contribution >= 4 is 16.7 Å². The van der Waals surface area contributed by atoms with Crippen LogP contribution in [0.2, 0.25) is 0 Å². The molecule has 3 aromatic carbocycles. The first-order chi connectivity index (χ1) is 11.6. The Hall–Kier alpha value is -2.81. The fraction of sp³-hybridized carbons (Fsp3) is 0.190. The molecule has 0 bridgehead atoms. The monoisotopic (exact) mass is 319 g/mol. The van der Waals surface area contributed by atoms with Crippen LogP contribution >= 0.6 is 0 Å². The summed E-state index contributed by atoms with van der Waals surface area (Å²) in [4.78, 5) is 12.4. The zero-order valence-electron chi connectivity index (χ0n) is 13.9. The first kappa shape index (κ1) is 16.1. The van der Waals surface area contributed by atoms with E-state index in [1.54, 1.807) is 6.92 Å². The highest BCUT2D eigenvalue weighted by atomic mass is 16.5. The molecule has 3 nitrogen and oxygen atoms in total. The van der Waals surface area contributed by atoms with Gasteiger partial charge in [0.2, 0.25) is 0 Å². The first-order valence-electron chi connectivity index (χ1n) is 8.15. The quantitative estimate of drug-likeness (QED) is 0.753. The molecule has 0 unspecified atom stereocenters. The summed E-state index contributed by atoms with van der Waals surface area (Å²) >= 11 is 0. The average Bonchev–Trinajstić information content (AvgIpc) is 2.62. The van der Waals surface area contributed by atoms with E-state index in [0.29, 0.717) is 0 Å². The van der Waals surface area contributed by atoms with Crippen LogP contribution in [0.5, 0.6) is 5.75 Å². The lowest BCUT2D eigenvalue weighted by atomic mass is 10.1. The number of rotatable bonds is 5. The normalized spacial score (nSPS) is 13.2. The van der Waals surface area contributed by atoms with Crippen molar-refractivity contribution in [1.82, 2.24) is 5.32 Å². The van der Waals surface area contributed by atoms with E-state index in [2.05, 4.69) is 5.32 Å². The molecule has 3 aromatic rings. The second-order valence-corrected chi connectivity index (χ2v) is 5.88. The van der Waals surface area contributed by atoms with Gasteiger partial charge in [-0.2, -0.15) is 0 Å². The van der Waals surface area contributed by atoms with Crippen LogP contribution in [0.25, 0.3) is 10.8 Å². The third kappa shape index (κ3) is 3.57. The molecule has 3 rings (SSSR count). The molecule has 0 spiro atoms. The SMILES string of the molecule is C[C@H](Oc1cccc2ccccc12)C(=O)N[C@H](C)c1ccccc1. The molecular formula is C21H21NO2. The Morgan fingerprint density at radius 1 is 0.875 bits per heavy atom. The molecule has 2 atom stereocenters. The maximum absolute atomic E-state index is 12.4. The Kier molecular flexibility index (Phi) is 4.80. The van der Waals surface area contributed by atoms with Crippen molar-refractivity contribution in [2.75, 3.05) is 0 Å². The largest absolute Gasteiger partial charge is 0.480 e. The lowest BCUT2D eigenvalue weighted by Crippen LogP contribution is -2.37. The molecule has 0 saturated carbocycles. The van der Waals surface area contributed by atoms with Crippen LogP contribution in [-0.4, -0.2) is 12.0 Å². The molecule has 122 valence electrons. The van der Waals surface area contributed by atoms with E-state index in [0.717, 1.165) is 22.1 Å². The molecule has 0 aliphatic rings. The van der Waals surface area contributed by atoms with Crippen molar-refractivity contribution in [2.45, 2.75) is 26.0 Å². The van der Waals surface area contributed by atoms with Gasteiger partial charge in [-0.3, -0.25) is 4.79 Å². The van der Waals surface area contributed by atoms with Gasteiger partial charge in [0.1, 0.15) is 5.75 Å². The van der Waals surface area contributed by atoms with E-state index in [9.17, 15) is 4.79 Å². The summed E-state index contributed by atoms with van der Waals surface area (Å²) in [5.74, 6) is 0.599. The second kappa shape index (κ2) is 7.18. The molecule has 24 heavy (non-hydrogen) atoms. The van der Waals surface area contributed by atoms with Crippen LogP contribution in [0.3, 0.4) is 0 Å². The second-order valence-electron chi connectivity index (χ2n) is 5.88. The maximum Gasteiger partial charge on any atom is 0.261 e. The number of amides is 1. The van der Waals surface area contributed by atoms with E-state index in [-0.39, 0.29) is 11.9 Å². The van der Waals surface area contributed by atoms with Gasteiger partial charge in [0.25, 0.3) is 5.91 Å². The molecule has 0 aromatic heterocycles. The van der Waals surface area contributed by atoms with E-state index >= 15 is 0 Å². The van der Waals surface area contributed by atoms with Crippen LogP contribution in [0.1, 0.15) is 25.5 Å². The molecular weight excluding hydrogens is 298 g/mol. The zero-order chi connectivity index (χ0) is 16.9. The van der Waals surface area contributed by atoms with E-state index < -0.39 is 6.10 Å². The lowest BCUT2D eigenvalue weighted by Gasteiger charge is -2.19. The van der Waals surface area contributed by atoms with Crippen molar-refractivity contribution in [3.63, 3.8) is 0 Å². The molecule has 0 aliphatic heterocycles. The fourth-order valence-electron chi connectivity index (χ4n) is 2.70.